The Hall–Kier alpha value is -1.57. The van der Waals surface area contributed by atoms with Crippen molar-refractivity contribution in [2.75, 3.05) is 55.2 Å². The lowest BCUT2D eigenvalue weighted by Crippen LogP contribution is -2.38. The van der Waals surface area contributed by atoms with Crippen molar-refractivity contribution < 1.29 is 43.0 Å². The predicted molar refractivity (Wildman–Crippen MR) is 122 cm³/mol. The maximum absolute atomic E-state index is 12.9. The Bertz CT molecular complexity index is 779. The minimum absolute atomic E-state index is 0.00298. The third-order valence-electron chi connectivity index (χ3n) is 5.92. The van der Waals surface area contributed by atoms with E-state index in [0.29, 0.717) is 12.2 Å². The van der Waals surface area contributed by atoms with Gasteiger partial charge in [0.05, 0.1) is 24.4 Å². The maximum atomic E-state index is 12.9. The zero-order valence-corrected chi connectivity index (χ0v) is 21.1. The van der Waals surface area contributed by atoms with E-state index >= 15 is 0 Å². The molecule has 0 saturated heterocycles. The van der Waals surface area contributed by atoms with Crippen LogP contribution in [-0.4, -0.2) is 95.6 Å². The third-order valence-corrected chi connectivity index (χ3v) is 5.92. The summed E-state index contributed by atoms with van der Waals surface area (Å²) in [7, 11) is 7.77. The SMILES string of the molecule is CCOC(C)OCCc1c(O)c(C2[C@@H](OCOC)[C@@H](OC)[C@@H](OC)[C@H]2OCOC)cn(C)c1=O. The normalized spacial score (nSPS) is 25.7. The van der Waals surface area contributed by atoms with Crippen molar-refractivity contribution in [1.29, 1.82) is 0 Å². The highest BCUT2D eigenvalue weighted by Gasteiger charge is 2.54. The molecule has 1 aromatic rings. The average molecular weight is 490 g/mol. The highest BCUT2D eigenvalue weighted by molar-refractivity contribution is 5.43. The number of hydrogen-bond donors (Lipinski definition) is 1. The molecule has 0 amide bonds. The van der Waals surface area contributed by atoms with E-state index in [2.05, 4.69) is 0 Å². The van der Waals surface area contributed by atoms with Gasteiger partial charge in [0.25, 0.3) is 5.56 Å². The van der Waals surface area contributed by atoms with E-state index in [9.17, 15) is 9.90 Å². The van der Waals surface area contributed by atoms with Gasteiger partial charge in [-0.3, -0.25) is 4.79 Å². The van der Waals surface area contributed by atoms with Crippen LogP contribution in [0.3, 0.4) is 0 Å². The molecule has 0 spiro atoms. The molecule has 1 aliphatic carbocycles. The Balaban J connectivity index is 2.49. The summed E-state index contributed by atoms with van der Waals surface area (Å²) in [6, 6.07) is 0. The van der Waals surface area contributed by atoms with E-state index in [1.807, 2.05) is 6.92 Å². The lowest BCUT2D eigenvalue weighted by atomic mass is 9.91. The largest absolute Gasteiger partial charge is 0.507 e. The quantitative estimate of drug-likeness (QED) is 0.360. The molecular formula is C23H39NO10. The van der Waals surface area contributed by atoms with Crippen LogP contribution in [0.25, 0.3) is 0 Å². The number of aryl methyl sites for hydroxylation is 1. The van der Waals surface area contributed by atoms with E-state index in [1.54, 1.807) is 34.4 Å². The van der Waals surface area contributed by atoms with Crippen molar-refractivity contribution in [2.45, 2.75) is 56.9 Å². The predicted octanol–water partition coefficient (Wildman–Crippen LogP) is 1.14. The Kier molecular flexibility index (Phi) is 11.9. The molecule has 196 valence electrons. The van der Waals surface area contributed by atoms with Gasteiger partial charge in [0.15, 0.2) is 6.29 Å². The molecule has 11 heteroatoms. The molecule has 1 saturated carbocycles. The number of ether oxygens (including phenoxy) is 8. The molecule has 1 aromatic heterocycles. The molecule has 11 nitrogen and oxygen atoms in total. The molecule has 34 heavy (non-hydrogen) atoms. The fourth-order valence-electron chi connectivity index (χ4n) is 4.45. The van der Waals surface area contributed by atoms with Gasteiger partial charge in [0.1, 0.15) is 31.5 Å². The lowest BCUT2D eigenvalue weighted by Gasteiger charge is -2.27. The van der Waals surface area contributed by atoms with Gasteiger partial charge < -0.3 is 47.6 Å². The first-order valence-corrected chi connectivity index (χ1v) is 11.3. The molecule has 6 atom stereocenters. The smallest absolute Gasteiger partial charge is 0.257 e. The monoisotopic (exact) mass is 489 g/mol. The van der Waals surface area contributed by atoms with Crippen LogP contribution < -0.4 is 5.56 Å². The minimum atomic E-state index is -0.595. The number of methoxy groups -OCH3 is 4. The molecule has 0 bridgehead atoms. The highest BCUT2D eigenvalue weighted by atomic mass is 16.7. The van der Waals surface area contributed by atoms with E-state index in [4.69, 9.17) is 37.9 Å². The molecule has 1 heterocycles. The van der Waals surface area contributed by atoms with Crippen molar-refractivity contribution in [1.82, 2.24) is 4.57 Å². The van der Waals surface area contributed by atoms with E-state index in [1.165, 1.54) is 18.8 Å². The second-order valence-corrected chi connectivity index (χ2v) is 7.97. The maximum Gasteiger partial charge on any atom is 0.257 e. The molecule has 2 unspecified atom stereocenters. The van der Waals surface area contributed by atoms with Crippen LogP contribution >= 0.6 is 0 Å². The summed E-state index contributed by atoms with van der Waals surface area (Å²) in [4.78, 5) is 12.9. The summed E-state index contributed by atoms with van der Waals surface area (Å²) in [6.45, 7) is 4.36. The second kappa shape index (κ2) is 14.1. The summed E-state index contributed by atoms with van der Waals surface area (Å²) < 4.78 is 46.1. The van der Waals surface area contributed by atoms with Gasteiger partial charge in [0.2, 0.25) is 0 Å². The number of aromatic hydroxyl groups is 1. The summed E-state index contributed by atoms with van der Waals surface area (Å²) in [5, 5.41) is 11.3. The third kappa shape index (κ3) is 6.55. The van der Waals surface area contributed by atoms with Crippen LogP contribution in [0.1, 0.15) is 30.9 Å². The summed E-state index contributed by atoms with van der Waals surface area (Å²) in [5.74, 6) is -0.682. The molecule has 0 aliphatic heterocycles. The van der Waals surface area contributed by atoms with Gasteiger partial charge in [-0.15, -0.1) is 0 Å². The lowest BCUT2D eigenvalue weighted by molar-refractivity contribution is -0.141. The Morgan fingerprint density at radius 3 is 2.00 bits per heavy atom. The first-order chi connectivity index (χ1) is 16.4. The molecule has 1 fully saturated rings. The highest BCUT2D eigenvalue weighted by Crippen LogP contribution is 2.45. The van der Waals surface area contributed by atoms with Crippen LogP contribution in [0.15, 0.2) is 11.0 Å². The summed E-state index contributed by atoms with van der Waals surface area (Å²) in [6.07, 6.45) is -0.871. The standard InChI is InChI=1S/C23H39NO10/c1-8-31-14(2)32-10-9-15-18(25)16(11-24(3)23(15)26)17-19(33-12-27-4)21(29-6)22(30-7)20(17)34-13-28-5/h11,14,17,19-22,25H,8-10,12-13H2,1-7H3/t14?,17?,19-,20+,21-,22+. The van der Waals surface area contributed by atoms with E-state index in [0.717, 1.165) is 0 Å². The Morgan fingerprint density at radius 1 is 0.971 bits per heavy atom. The van der Waals surface area contributed by atoms with Crippen molar-refractivity contribution in [3.63, 3.8) is 0 Å². The fraction of sp³-hybridized carbons (Fsp3) is 0.783. The van der Waals surface area contributed by atoms with Crippen LogP contribution in [0.4, 0.5) is 0 Å². The number of rotatable bonds is 15. The summed E-state index contributed by atoms with van der Waals surface area (Å²) >= 11 is 0. The first kappa shape index (κ1) is 28.7. The minimum Gasteiger partial charge on any atom is -0.507 e. The van der Waals surface area contributed by atoms with Gasteiger partial charge in [-0.1, -0.05) is 0 Å². The Labute approximate surface area is 200 Å². The average Bonchev–Trinajstić information content (AvgIpc) is 3.12. The van der Waals surface area contributed by atoms with Crippen LogP contribution in [0, 0.1) is 0 Å². The zero-order valence-electron chi connectivity index (χ0n) is 21.1. The molecular weight excluding hydrogens is 450 g/mol. The fourth-order valence-corrected chi connectivity index (χ4v) is 4.45. The Morgan fingerprint density at radius 2 is 1.53 bits per heavy atom. The molecule has 1 aliphatic rings. The van der Waals surface area contributed by atoms with Crippen LogP contribution in [0.5, 0.6) is 5.75 Å². The van der Waals surface area contributed by atoms with Gasteiger partial charge in [-0.25, -0.2) is 0 Å². The van der Waals surface area contributed by atoms with Crippen molar-refractivity contribution in [2.24, 2.45) is 7.05 Å². The number of aromatic nitrogens is 1. The van der Waals surface area contributed by atoms with Crippen molar-refractivity contribution in [3.8, 4) is 5.75 Å². The number of nitrogens with zero attached hydrogens (tertiary/aromatic N) is 1. The molecule has 1 N–H and O–H groups in total. The van der Waals surface area contributed by atoms with Gasteiger partial charge >= 0.3 is 0 Å². The van der Waals surface area contributed by atoms with Crippen LogP contribution in [-0.2, 0) is 51.4 Å². The van der Waals surface area contributed by atoms with Crippen molar-refractivity contribution >= 4 is 0 Å². The van der Waals surface area contributed by atoms with Gasteiger partial charge in [-0.2, -0.15) is 0 Å². The molecule has 0 radical (unpaired) electrons. The van der Waals surface area contributed by atoms with Crippen LogP contribution in [0.2, 0.25) is 0 Å². The second-order valence-electron chi connectivity index (χ2n) is 7.97. The zero-order chi connectivity index (χ0) is 25.3. The number of hydrogen-bond acceptors (Lipinski definition) is 10. The topological polar surface area (TPSA) is 116 Å². The molecule has 0 aromatic carbocycles. The number of pyridine rings is 1. The van der Waals surface area contributed by atoms with Crippen molar-refractivity contribution in [3.05, 3.63) is 27.7 Å². The first-order valence-electron chi connectivity index (χ1n) is 11.3. The molecule has 2 rings (SSSR count). The van der Waals surface area contributed by atoms with E-state index in [-0.39, 0.29) is 43.5 Å². The van der Waals surface area contributed by atoms with E-state index < -0.39 is 36.6 Å². The van der Waals surface area contributed by atoms with Gasteiger partial charge in [0, 0.05) is 66.2 Å². The van der Waals surface area contributed by atoms with Gasteiger partial charge in [-0.05, 0) is 13.8 Å². The summed E-state index contributed by atoms with van der Waals surface area (Å²) in [5.41, 5.74) is 0.385.